The van der Waals surface area contributed by atoms with Crippen molar-refractivity contribution in [2.24, 2.45) is 17.6 Å². The molecule has 6 rings (SSSR count). The molecule has 1 aliphatic carbocycles. The number of alkyl carbamates (subject to hydrolysis) is 1. The summed E-state index contributed by atoms with van der Waals surface area (Å²) < 4.78 is 5.38. The molecule has 56 heavy (non-hydrogen) atoms. The van der Waals surface area contributed by atoms with Gasteiger partial charge in [-0.05, 0) is 119 Å². The van der Waals surface area contributed by atoms with Gasteiger partial charge < -0.3 is 25.6 Å². The number of nitrogens with two attached hydrogens (primary N) is 1. The summed E-state index contributed by atoms with van der Waals surface area (Å²) in [5.74, 6) is -0.596. The number of aromatic amines is 1. The Kier molecular flexibility index (Phi) is 12.4. The molecule has 1 atom stereocenters. The van der Waals surface area contributed by atoms with Crippen molar-refractivity contribution in [1.29, 1.82) is 0 Å². The molecule has 296 valence electrons. The predicted molar refractivity (Wildman–Crippen MR) is 211 cm³/mol. The number of carbonyl (C=O) groups excluding carboxylic acids is 4. The van der Waals surface area contributed by atoms with Crippen molar-refractivity contribution in [2.75, 3.05) is 44.7 Å². The fraction of sp³-hybridized carbons (Fsp3) is 0.463. The lowest BCUT2D eigenvalue weighted by molar-refractivity contribution is -0.127. The van der Waals surface area contributed by atoms with Gasteiger partial charge in [0, 0.05) is 68.1 Å². The van der Waals surface area contributed by atoms with Crippen LogP contribution in [0, 0.1) is 18.8 Å². The van der Waals surface area contributed by atoms with Crippen molar-refractivity contribution in [2.45, 2.75) is 71.4 Å². The number of pyridine rings is 1. The molecule has 0 bridgehead atoms. The summed E-state index contributed by atoms with van der Waals surface area (Å²) >= 11 is 0. The van der Waals surface area contributed by atoms with Gasteiger partial charge in [-0.1, -0.05) is 24.3 Å². The molecule has 4 amide bonds. The summed E-state index contributed by atoms with van der Waals surface area (Å²) in [5, 5.41) is 17.0. The van der Waals surface area contributed by atoms with Crippen LogP contribution >= 0.6 is 0 Å². The van der Waals surface area contributed by atoms with Gasteiger partial charge in [0.05, 0.1) is 0 Å². The van der Waals surface area contributed by atoms with E-state index in [1.165, 1.54) is 0 Å². The van der Waals surface area contributed by atoms with Gasteiger partial charge in [0.2, 0.25) is 17.6 Å². The first-order chi connectivity index (χ1) is 26.8. The zero-order valence-corrected chi connectivity index (χ0v) is 32.8. The Morgan fingerprint density at radius 1 is 0.964 bits per heavy atom. The number of anilines is 1. The molecule has 3 heterocycles. The first-order valence-corrected chi connectivity index (χ1v) is 19.2. The van der Waals surface area contributed by atoms with Crippen LogP contribution in [-0.4, -0.2) is 111 Å². The lowest BCUT2D eigenvalue weighted by Gasteiger charge is -2.36. The standard InChI is InChI=1S/C41H52N10O5/c1-26-22-34(39(54)50-20-18-49(5)19-21-50)43-25-33(26)29-10-6-27(7-11-29)23-35(36(42)52)51(32-16-14-30(15-17-32)37-45-47-48-46-37)38(53)31-12-8-28(9-13-31)24-44-40(55)56-41(2,3)4/h6-7,10-11,14-17,22,25,28,31,35H,8-9,12-13,18-21,23-24H2,1-5H3,(H2,42,52)(H,44,55)(H,45,46,47,48)/t28?,31?,35-/m0/s1. The topological polar surface area (TPSA) is 193 Å². The van der Waals surface area contributed by atoms with E-state index in [-0.39, 0.29) is 30.1 Å². The molecule has 4 N–H and O–H groups in total. The average molecular weight is 765 g/mol. The van der Waals surface area contributed by atoms with Gasteiger partial charge in [0.1, 0.15) is 17.3 Å². The number of nitrogens with one attached hydrogen (secondary N) is 2. The highest BCUT2D eigenvalue weighted by atomic mass is 16.6. The highest BCUT2D eigenvalue weighted by Gasteiger charge is 2.36. The number of likely N-dealkylation sites (N-methyl/N-ethyl adjacent to an activating group) is 1. The maximum Gasteiger partial charge on any atom is 0.407 e. The third-order valence-corrected chi connectivity index (χ3v) is 10.6. The summed E-state index contributed by atoms with van der Waals surface area (Å²) in [7, 11) is 2.05. The van der Waals surface area contributed by atoms with Crippen molar-refractivity contribution in [3.8, 4) is 22.5 Å². The van der Waals surface area contributed by atoms with Crippen LogP contribution in [0.5, 0.6) is 0 Å². The fourth-order valence-electron chi connectivity index (χ4n) is 7.38. The maximum absolute atomic E-state index is 14.5. The Labute approximate surface area is 327 Å². The zero-order chi connectivity index (χ0) is 40.0. The minimum atomic E-state index is -0.973. The average Bonchev–Trinajstić information content (AvgIpc) is 3.72. The lowest BCUT2D eigenvalue weighted by atomic mass is 9.81. The number of benzene rings is 2. The smallest absolute Gasteiger partial charge is 0.407 e. The van der Waals surface area contributed by atoms with Crippen LogP contribution in [0.3, 0.4) is 0 Å². The van der Waals surface area contributed by atoms with E-state index in [4.69, 9.17) is 10.5 Å². The zero-order valence-electron chi connectivity index (χ0n) is 32.8. The van der Waals surface area contributed by atoms with Gasteiger partial charge in [0.25, 0.3) is 5.91 Å². The van der Waals surface area contributed by atoms with Crippen molar-refractivity contribution in [3.05, 3.63) is 77.6 Å². The molecule has 1 saturated heterocycles. The number of hydrogen-bond acceptors (Lipinski definition) is 10. The Morgan fingerprint density at radius 2 is 1.62 bits per heavy atom. The van der Waals surface area contributed by atoms with Crippen LogP contribution in [0.25, 0.3) is 22.5 Å². The SMILES string of the molecule is Cc1cc(C(=O)N2CCN(C)CC2)ncc1-c1ccc(C[C@@H](C(N)=O)N(C(=O)C2CCC(CNC(=O)OC(C)(C)C)CC2)c2ccc(-c3nn[nH]n3)cc2)cc1. The van der Waals surface area contributed by atoms with Crippen LogP contribution in [0.2, 0.25) is 0 Å². The van der Waals surface area contributed by atoms with Crippen molar-refractivity contribution in [3.63, 3.8) is 0 Å². The van der Waals surface area contributed by atoms with Crippen LogP contribution in [0.1, 0.15) is 68.1 Å². The van der Waals surface area contributed by atoms with E-state index in [1.807, 2.05) is 62.9 Å². The molecule has 1 saturated carbocycles. The number of aryl methyl sites for hydroxylation is 1. The Morgan fingerprint density at radius 3 is 2.21 bits per heavy atom. The minimum Gasteiger partial charge on any atom is -0.444 e. The van der Waals surface area contributed by atoms with E-state index in [0.717, 1.165) is 48.2 Å². The van der Waals surface area contributed by atoms with Crippen LogP contribution < -0.4 is 16.0 Å². The van der Waals surface area contributed by atoms with E-state index >= 15 is 0 Å². The third kappa shape index (κ3) is 9.93. The number of tetrazole rings is 1. The van der Waals surface area contributed by atoms with Crippen LogP contribution in [0.4, 0.5) is 10.5 Å². The number of rotatable bonds is 11. The molecule has 0 radical (unpaired) electrons. The molecule has 0 spiro atoms. The minimum absolute atomic E-state index is 0.0626. The molecular weight excluding hydrogens is 713 g/mol. The number of primary amides is 1. The molecule has 4 aromatic rings. The molecule has 1 aliphatic heterocycles. The highest BCUT2D eigenvalue weighted by Crippen LogP contribution is 2.33. The van der Waals surface area contributed by atoms with E-state index in [9.17, 15) is 19.2 Å². The first kappa shape index (κ1) is 40.0. The molecule has 2 fully saturated rings. The number of amides is 4. The maximum atomic E-state index is 14.5. The quantitative estimate of drug-likeness (QED) is 0.197. The van der Waals surface area contributed by atoms with E-state index in [2.05, 4.69) is 42.9 Å². The number of H-pyrrole nitrogens is 1. The van der Waals surface area contributed by atoms with Gasteiger partial charge in [-0.3, -0.25) is 24.3 Å². The summed E-state index contributed by atoms with van der Waals surface area (Å²) in [6, 6.07) is 15.7. The molecule has 2 aromatic carbocycles. The Hall–Kier alpha value is -5.70. The second-order valence-corrected chi connectivity index (χ2v) is 15.9. The normalized spacial score (nSPS) is 18.2. The van der Waals surface area contributed by atoms with E-state index in [0.29, 0.717) is 55.2 Å². The third-order valence-electron chi connectivity index (χ3n) is 10.6. The first-order valence-electron chi connectivity index (χ1n) is 19.2. The predicted octanol–water partition coefficient (Wildman–Crippen LogP) is 4.39. The van der Waals surface area contributed by atoms with Crippen molar-refractivity contribution in [1.82, 2.24) is 40.7 Å². The Balaban J connectivity index is 1.18. The van der Waals surface area contributed by atoms with Gasteiger partial charge >= 0.3 is 6.09 Å². The lowest BCUT2D eigenvalue weighted by Crippen LogP contribution is -2.52. The number of ether oxygens (including phenoxy) is 1. The number of hydrogen-bond donors (Lipinski definition) is 3. The monoisotopic (exact) mass is 764 g/mol. The second-order valence-electron chi connectivity index (χ2n) is 15.9. The highest BCUT2D eigenvalue weighted by molar-refractivity contribution is 6.02. The second kappa shape index (κ2) is 17.4. The summed E-state index contributed by atoms with van der Waals surface area (Å²) in [6.07, 6.45) is 4.15. The Bertz CT molecular complexity index is 1980. The molecule has 15 nitrogen and oxygen atoms in total. The van der Waals surface area contributed by atoms with Gasteiger partial charge in [0.15, 0.2) is 0 Å². The van der Waals surface area contributed by atoms with Crippen molar-refractivity contribution >= 4 is 29.5 Å². The molecule has 0 unspecified atom stereocenters. The molecule has 2 aliphatic rings. The van der Waals surface area contributed by atoms with Crippen LogP contribution in [-0.2, 0) is 20.7 Å². The van der Waals surface area contributed by atoms with E-state index in [1.54, 1.807) is 35.4 Å². The largest absolute Gasteiger partial charge is 0.444 e. The summed E-state index contributed by atoms with van der Waals surface area (Å²) in [6.45, 7) is 10.9. The number of aromatic nitrogens is 5. The van der Waals surface area contributed by atoms with Crippen molar-refractivity contribution < 1.29 is 23.9 Å². The molecule has 2 aromatic heterocycles. The van der Waals surface area contributed by atoms with Gasteiger partial charge in [-0.25, -0.2) is 4.79 Å². The number of carbonyl (C=O) groups is 4. The summed E-state index contributed by atoms with van der Waals surface area (Å²) in [4.78, 5) is 63.3. The fourth-order valence-corrected chi connectivity index (χ4v) is 7.38. The number of nitrogens with zero attached hydrogens (tertiary/aromatic N) is 7. The van der Waals surface area contributed by atoms with E-state index < -0.39 is 23.6 Å². The molecular formula is C41H52N10O5. The summed E-state index contributed by atoms with van der Waals surface area (Å²) in [5.41, 5.74) is 10.7. The van der Waals surface area contributed by atoms with Gasteiger partial charge in [-0.15, -0.1) is 10.2 Å². The number of piperazine rings is 1. The van der Waals surface area contributed by atoms with Gasteiger partial charge in [-0.2, -0.15) is 5.21 Å². The molecule has 15 heteroatoms. The van der Waals surface area contributed by atoms with Crippen LogP contribution in [0.15, 0.2) is 60.8 Å².